The van der Waals surface area contributed by atoms with E-state index < -0.39 is 5.97 Å². The minimum Gasteiger partial charge on any atom is -0.485 e. The van der Waals surface area contributed by atoms with Crippen LogP contribution in [0.5, 0.6) is 5.75 Å². The van der Waals surface area contributed by atoms with E-state index in [0.717, 1.165) is 23.5 Å². The Balaban J connectivity index is 1.49. The molecular weight excluding hydrogens is 391 g/mol. The summed E-state index contributed by atoms with van der Waals surface area (Å²) in [5.41, 5.74) is 2.67. The molecule has 0 unspecified atom stereocenters. The fourth-order valence-corrected chi connectivity index (χ4v) is 2.94. The van der Waals surface area contributed by atoms with Crippen molar-refractivity contribution in [2.24, 2.45) is 5.92 Å². The standard InChI is InChI=1S/C21H25FN4O4/c1-13(2)10-26-15(4)18(14(3)24-26)9-21(27)29-12-20-23-19(25-30-20)11-28-17-7-5-16(22)6-8-17/h5-8,13H,9-12H2,1-4H3. The summed E-state index contributed by atoms with van der Waals surface area (Å²) in [5, 5.41) is 8.29. The highest BCUT2D eigenvalue weighted by molar-refractivity contribution is 5.73. The highest BCUT2D eigenvalue weighted by atomic mass is 19.1. The van der Waals surface area contributed by atoms with Crippen molar-refractivity contribution in [3.05, 3.63) is 58.7 Å². The van der Waals surface area contributed by atoms with Gasteiger partial charge in [-0.05, 0) is 44.0 Å². The summed E-state index contributed by atoms with van der Waals surface area (Å²) in [6.45, 7) is 8.80. The number of rotatable bonds is 9. The van der Waals surface area contributed by atoms with Crippen molar-refractivity contribution in [3.63, 3.8) is 0 Å². The summed E-state index contributed by atoms with van der Waals surface area (Å²) in [7, 11) is 0. The molecule has 0 aliphatic rings. The van der Waals surface area contributed by atoms with E-state index in [1.54, 1.807) is 0 Å². The predicted octanol–water partition coefficient (Wildman–Crippen LogP) is 3.54. The number of halogens is 1. The highest BCUT2D eigenvalue weighted by Gasteiger charge is 2.17. The van der Waals surface area contributed by atoms with E-state index >= 15 is 0 Å². The van der Waals surface area contributed by atoms with Crippen molar-refractivity contribution in [1.82, 2.24) is 19.9 Å². The number of carbonyl (C=O) groups excluding carboxylic acids is 1. The summed E-state index contributed by atoms with van der Waals surface area (Å²) in [5.74, 6) is 0.674. The number of esters is 1. The van der Waals surface area contributed by atoms with Gasteiger partial charge in [0.15, 0.2) is 13.2 Å². The summed E-state index contributed by atoms with van der Waals surface area (Å²) in [6.07, 6.45) is 0.129. The van der Waals surface area contributed by atoms with Crippen molar-refractivity contribution in [2.75, 3.05) is 0 Å². The zero-order valence-electron chi connectivity index (χ0n) is 17.5. The second kappa shape index (κ2) is 9.51. The Kier molecular flexibility index (Phi) is 6.81. The molecule has 0 atom stereocenters. The van der Waals surface area contributed by atoms with Crippen LogP contribution in [0.25, 0.3) is 0 Å². The minimum absolute atomic E-state index is 0.0521. The number of ether oxygens (including phenoxy) is 2. The first-order valence-corrected chi connectivity index (χ1v) is 9.70. The van der Waals surface area contributed by atoms with Crippen LogP contribution in [-0.4, -0.2) is 25.9 Å². The van der Waals surface area contributed by atoms with Crippen molar-refractivity contribution in [3.8, 4) is 5.75 Å². The van der Waals surface area contributed by atoms with Crippen LogP contribution in [0.2, 0.25) is 0 Å². The third-order valence-corrected chi connectivity index (χ3v) is 4.44. The van der Waals surface area contributed by atoms with Gasteiger partial charge in [0.2, 0.25) is 5.82 Å². The van der Waals surface area contributed by atoms with Gasteiger partial charge in [-0.3, -0.25) is 9.48 Å². The molecule has 1 aromatic carbocycles. The molecular formula is C21H25FN4O4. The van der Waals surface area contributed by atoms with Crippen molar-refractivity contribution in [2.45, 2.75) is 53.9 Å². The first kappa shape index (κ1) is 21.5. The SMILES string of the molecule is Cc1nn(CC(C)C)c(C)c1CC(=O)OCc1nc(COc2ccc(F)cc2)no1. The largest absolute Gasteiger partial charge is 0.485 e. The Morgan fingerprint density at radius 2 is 1.93 bits per heavy atom. The molecule has 0 amide bonds. The number of aryl methyl sites for hydroxylation is 1. The van der Waals surface area contributed by atoms with E-state index in [1.807, 2.05) is 18.5 Å². The van der Waals surface area contributed by atoms with Crippen LogP contribution in [0, 0.1) is 25.6 Å². The number of hydrogen-bond acceptors (Lipinski definition) is 7. The third-order valence-electron chi connectivity index (χ3n) is 4.44. The fourth-order valence-electron chi connectivity index (χ4n) is 2.94. The molecule has 0 saturated heterocycles. The molecule has 0 N–H and O–H groups in total. The topological polar surface area (TPSA) is 92.3 Å². The predicted molar refractivity (Wildman–Crippen MR) is 105 cm³/mol. The summed E-state index contributed by atoms with van der Waals surface area (Å²) < 4.78 is 30.6. The van der Waals surface area contributed by atoms with E-state index in [0.29, 0.717) is 17.5 Å². The molecule has 0 aliphatic heterocycles. The molecule has 0 aliphatic carbocycles. The molecule has 30 heavy (non-hydrogen) atoms. The average Bonchev–Trinajstić information content (AvgIpc) is 3.25. The maximum atomic E-state index is 12.9. The molecule has 3 rings (SSSR count). The molecule has 2 aromatic heterocycles. The molecule has 0 spiro atoms. The van der Waals surface area contributed by atoms with E-state index in [2.05, 4.69) is 29.1 Å². The van der Waals surface area contributed by atoms with Crippen LogP contribution < -0.4 is 4.74 Å². The van der Waals surface area contributed by atoms with E-state index in [-0.39, 0.29) is 31.3 Å². The van der Waals surface area contributed by atoms with Gasteiger partial charge in [0, 0.05) is 17.8 Å². The summed E-state index contributed by atoms with van der Waals surface area (Å²) >= 11 is 0. The summed E-state index contributed by atoms with van der Waals surface area (Å²) in [6, 6.07) is 5.61. The Labute approximate surface area is 174 Å². The van der Waals surface area contributed by atoms with Crippen LogP contribution in [0.1, 0.15) is 42.5 Å². The van der Waals surface area contributed by atoms with Gasteiger partial charge in [0.05, 0.1) is 12.1 Å². The highest BCUT2D eigenvalue weighted by Crippen LogP contribution is 2.16. The van der Waals surface area contributed by atoms with Crippen LogP contribution in [0.4, 0.5) is 4.39 Å². The van der Waals surface area contributed by atoms with Gasteiger partial charge >= 0.3 is 5.97 Å². The van der Waals surface area contributed by atoms with Crippen LogP contribution >= 0.6 is 0 Å². The Hall–Kier alpha value is -3.23. The van der Waals surface area contributed by atoms with Gasteiger partial charge in [-0.15, -0.1) is 0 Å². The number of benzene rings is 1. The van der Waals surface area contributed by atoms with Crippen molar-refractivity contribution in [1.29, 1.82) is 0 Å². The van der Waals surface area contributed by atoms with Gasteiger partial charge in [-0.25, -0.2) is 4.39 Å². The van der Waals surface area contributed by atoms with Gasteiger partial charge in [-0.2, -0.15) is 10.1 Å². The molecule has 0 bridgehead atoms. The van der Waals surface area contributed by atoms with Gasteiger partial charge in [-0.1, -0.05) is 19.0 Å². The van der Waals surface area contributed by atoms with E-state index in [4.69, 9.17) is 14.0 Å². The summed E-state index contributed by atoms with van der Waals surface area (Å²) in [4.78, 5) is 16.4. The zero-order chi connectivity index (χ0) is 21.7. The third kappa shape index (κ3) is 5.65. The van der Waals surface area contributed by atoms with Crippen molar-refractivity contribution < 1.29 is 23.2 Å². The molecule has 0 radical (unpaired) electrons. The van der Waals surface area contributed by atoms with Crippen LogP contribution in [-0.2, 0) is 35.7 Å². The second-order valence-corrected chi connectivity index (χ2v) is 7.41. The number of carbonyl (C=O) groups is 1. The molecule has 8 nitrogen and oxygen atoms in total. The molecule has 2 heterocycles. The second-order valence-electron chi connectivity index (χ2n) is 7.41. The van der Waals surface area contributed by atoms with Crippen LogP contribution in [0.15, 0.2) is 28.8 Å². The Morgan fingerprint density at radius 3 is 2.63 bits per heavy atom. The molecule has 0 fully saturated rings. The van der Waals surface area contributed by atoms with E-state index in [9.17, 15) is 9.18 Å². The average molecular weight is 416 g/mol. The lowest BCUT2D eigenvalue weighted by Crippen LogP contribution is -2.11. The Bertz CT molecular complexity index is 995. The maximum Gasteiger partial charge on any atom is 0.310 e. The molecule has 3 aromatic rings. The van der Waals surface area contributed by atoms with Gasteiger partial charge < -0.3 is 14.0 Å². The number of nitrogens with zero attached hydrogens (tertiary/aromatic N) is 4. The lowest BCUT2D eigenvalue weighted by molar-refractivity contribution is -0.144. The number of aromatic nitrogens is 4. The van der Waals surface area contributed by atoms with Gasteiger partial charge in [0.1, 0.15) is 11.6 Å². The quantitative estimate of drug-likeness (QED) is 0.493. The first-order chi connectivity index (χ1) is 14.3. The fraction of sp³-hybridized carbons (Fsp3) is 0.429. The lowest BCUT2D eigenvalue weighted by Gasteiger charge is -2.08. The van der Waals surface area contributed by atoms with Gasteiger partial charge in [0.25, 0.3) is 5.89 Å². The molecule has 160 valence electrons. The van der Waals surface area contributed by atoms with Crippen molar-refractivity contribution >= 4 is 5.97 Å². The monoisotopic (exact) mass is 416 g/mol. The smallest absolute Gasteiger partial charge is 0.310 e. The molecule has 9 heteroatoms. The van der Waals surface area contributed by atoms with E-state index in [1.165, 1.54) is 24.3 Å². The first-order valence-electron chi connectivity index (χ1n) is 9.70. The minimum atomic E-state index is -0.396. The normalized spacial score (nSPS) is 11.1. The maximum absolute atomic E-state index is 12.9. The van der Waals surface area contributed by atoms with Crippen LogP contribution in [0.3, 0.4) is 0 Å². The Morgan fingerprint density at radius 1 is 1.20 bits per heavy atom. The number of hydrogen-bond donors (Lipinski definition) is 0. The lowest BCUT2D eigenvalue weighted by atomic mass is 10.1. The molecule has 0 saturated carbocycles. The zero-order valence-corrected chi connectivity index (χ0v) is 17.5.